The van der Waals surface area contributed by atoms with Crippen LogP contribution in [0, 0.1) is 0 Å². The number of nitrogens with zero attached hydrogens (tertiary/aromatic N) is 1. The van der Waals surface area contributed by atoms with Crippen molar-refractivity contribution in [1.29, 1.82) is 0 Å². The Balaban J connectivity index is 2.16. The summed E-state index contributed by atoms with van der Waals surface area (Å²) >= 11 is 1.38. The Morgan fingerprint density at radius 2 is 1.91 bits per heavy atom. The third-order valence-electron chi connectivity index (χ3n) is 3.34. The summed E-state index contributed by atoms with van der Waals surface area (Å²) in [5.74, 6) is -0.225. The minimum absolute atomic E-state index is 0.130. The quantitative estimate of drug-likeness (QED) is 0.769. The van der Waals surface area contributed by atoms with Gasteiger partial charge in [-0.05, 0) is 18.2 Å². The summed E-state index contributed by atoms with van der Waals surface area (Å²) in [4.78, 5) is 16.7. The summed E-state index contributed by atoms with van der Waals surface area (Å²) in [6.45, 7) is 0. The van der Waals surface area contributed by atoms with E-state index in [1.54, 1.807) is 19.2 Å². The zero-order chi connectivity index (χ0) is 16.4. The number of hydrogen-bond donors (Lipinski definition) is 2. The van der Waals surface area contributed by atoms with E-state index < -0.39 is 5.91 Å². The van der Waals surface area contributed by atoms with E-state index in [9.17, 15) is 9.90 Å². The van der Waals surface area contributed by atoms with E-state index in [1.807, 2.05) is 36.4 Å². The van der Waals surface area contributed by atoms with Gasteiger partial charge in [-0.15, -0.1) is 0 Å². The Labute approximate surface area is 137 Å². The number of methoxy groups -OCH3 is 1. The molecule has 116 valence electrons. The Morgan fingerprint density at radius 1 is 1.17 bits per heavy atom. The van der Waals surface area contributed by atoms with Crippen LogP contribution in [-0.2, 0) is 0 Å². The SMILES string of the molecule is COc1cccc(Sc2nc(C(N)=O)c(O)c3ccccc23)c1. The van der Waals surface area contributed by atoms with Crippen molar-refractivity contribution in [2.75, 3.05) is 7.11 Å². The van der Waals surface area contributed by atoms with Gasteiger partial charge in [0.25, 0.3) is 5.91 Å². The number of primary amides is 1. The molecule has 0 spiro atoms. The third kappa shape index (κ3) is 2.93. The van der Waals surface area contributed by atoms with Crippen LogP contribution in [0.1, 0.15) is 10.5 Å². The first-order valence-electron chi connectivity index (χ1n) is 6.83. The number of aromatic hydroxyl groups is 1. The van der Waals surface area contributed by atoms with Gasteiger partial charge in [-0.1, -0.05) is 42.1 Å². The molecule has 1 amide bonds. The van der Waals surface area contributed by atoms with Crippen molar-refractivity contribution in [2.45, 2.75) is 9.92 Å². The maximum absolute atomic E-state index is 11.5. The van der Waals surface area contributed by atoms with E-state index in [2.05, 4.69) is 4.98 Å². The number of fused-ring (bicyclic) bond motifs is 1. The van der Waals surface area contributed by atoms with E-state index in [1.165, 1.54) is 11.8 Å². The largest absolute Gasteiger partial charge is 0.505 e. The monoisotopic (exact) mass is 326 g/mol. The van der Waals surface area contributed by atoms with E-state index in [0.29, 0.717) is 10.4 Å². The zero-order valence-corrected chi connectivity index (χ0v) is 13.1. The second-order valence-electron chi connectivity index (χ2n) is 4.81. The molecule has 3 rings (SSSR count). The second-order valence-corrected chi connectivity index (χ2v) is 5.87. The summed E-state index contributed by atoms with van der Waals surface area (Å²) in [5, 5.41) is 12.1. The Kier molecular flexibility index (Phi) is 4.08. The zero-order valence-electron chi connectivity index (χ0n) is 12.3. The van der Waals surface area contributed by atoms with Crippen molar-refractivity contribution in [1.82, 2.24) is 4.98 Å². The van der Waals surface area contributed by atoms with Gasteiger partial charge in [0.05, 0.1) is 7.11 Å². The van der Waals surface area contributed by atoms with Gasteiger partial charge in [0.1, 0.15) is 10.8 Å². The highest BCUT2D eigenvalue weighted by atomic mass is 32.2. The molecular formula is C17H14N2O3S. The minimum atomic E-state index is -0.763. The van der Waals surface area contributed by atoms with E-state index in [-0.39, 0.29) is 11.4 Å². The molecule has 1 aromatic heterocycles. The molecule has 0 fully saturated rings. The van der Waals surface area contributed by atoms with E-state index >= 15 is 0 Å². The summed E-state index contributed by atoms with van der Waals surface area (Å²) in [6, 6.07) is 14.7. The number of aromatic nitrogens is 1. The van der Waals surface area contributed by atoms with Crippen molar-refractivity contribution in [2.24, 2.45) is 5.73 Å². The summed E-state index contributed by atoms with van der Waals surface area (Å²) < 4.78 is 5.21. The second kappa shape index (κ2) is 6.18. The van der Waals surface area contributed by atoms with Crippen LogP contribution in [0.2, 0.25) is 0 Å². The molecule has 0 aliphatic carbocycles. The lowest BCUT2D eigenvalue weighted by Crippen LogP contribution is -2.14. The number of pyridine rings is 1. The number of amides is 1. The Morgan fingerprint density at radius 3 is 2.61 bits per heavy atom. The van der Waals surface area contributed by atoms with Gasteiger partial charge in [0, 0.05) is 15.7 Å². The molecule has 0 bridgehead atoms. The third-order valence-corrected chi connectivity index (χ3v) is 4.33. The highest BCUT2D eigenvalue weighted by molar-refractivity contribution is 7.99. The van der Waals surface area contributed by atoms with Gasteiger partial charge in [0.2, 0.25) is 0 Å². The van der Waals surface area contributed by atoms with Crippen molar-refractivity contribution in [3.63, 3.8) is 0 Å². The molecular weight excluding hydrogens is 312 g/mol. The van der Waals surface area contributed by atoms with Crippen LogP contribution in [0.4, 0.5) is 0 Å². The average Bonchev–Trinajstić information content (AvgIpc) is 2.57. The molecule has 2 aromatic carbocycles. The number of benzene rings is 2. The molecule has 0 atom stereocenters. The van der Waals surface area contributed by atoms with E-state index in [4.69, 9.17) is 10.5 Å². The standard InChI is InChI=1S/C17H14N2O3S/c1-22-10-5-4-6-11(9-10)23-17-13-8-3-2-7-12(13)15(20)14(19-17)16(18)21/h2-9,20H,1H3,(H2,18,21). The predicted octanol–water partition coefficient (Wildman–Crippen LogP) is 3.20. The highest BCUT2D eigenvalue weighted by Gasteiger charge is 2.17. The number of ether oxygens (including phenoxy) is 1. The fourth-order valence-corrected chi connectivity index (χ4v) is 3.21. The Bertz CT molecular complexity index is 896. The lowest BCUT2D eigenvalue weighted by Gasteiger charge is -2.10. The number of carbonyl (C=O) groups is 1. The number of carbonyl (C=O) groups excluding carboxylic acids is 1. The van der Waals surface area contributed by atoms with Crippen LogP contribution in [0.15, 0.2) is 58.5 Å². The summed E-state index contributed by atoms with van der Waals surface area (Å²) in [6.07, 6.45) is 0. The molecule has 3 aromatic rings. The number of nitrogens with two attached hydrogens (primary N) is 1. The van der Waals surface area contributed by atoms with Gasteiger partial charge >= 0.3 is 0 Å². The van der Waals surface area contributed by atoms with Crippen LogP contribution in [0.3, 0.4) is 0 Å². The predicted molar refractivity (Wildman–Crippen MR) is 89.0 cm³/mol. The van der Waals surface area contributed by atoms with Crippen molar-refractivity contribution in [3.8, 4) is 11.5 Å². The van der Waals surface area contributed by atoms with Gasteiger partial charge in [-0.2, -0.15) is 0 Å². The lowest BCUT2D eigenvalue weighted by atomic mass is 10.1. The summed E-state index contributed by atoms with van der Waals surface area (Å²) in [7, 11) is 1.60. The fourth-order valence-electron chi connectivity index (χ4n) is 2.24. The van der Waals surface area contributed by atoms with Gasteiger partial charge in [-0.3, -0.25) is 4.79 Å². The molecule has 6 heteroatoms. The molecule has 23 heavy (non-hydrogen) atoms. The minimum Gasteiger partial charge on any atom is -0.505 e. The van der Waals surface area contributed by atoms with Crippen LogP contribution in [0.5, 0.6) is 11.5 Å². The maximum Gasteiger partial charge on any atom is 0.271 e. The molecule has 3 N–H and O–H groups in total. The van der Waals surface area contributed by atoms with Crippen LogP contribution < -0.4 is 10.5 Å². The molecule has 0 radical (unpaired) electrons. The average molecular weight is 326 g/mol. The molecule has 0 saturated heterocycles. The summed E-state index contributed by atoms with van der Waals surface area (Å²) in [5.41, 5.74) is 5.19. The number of rotatable bonds is 4. The first-order valence-corrected chi connectivity index (χ1v) is 7.65. The normalized spacial score (nSPS) is 10.7. The van der Waals surface area contributed by atoms with Gasteiger partial charge < -0.3 is 15.6 Å². The fraction of sp³-hybridized carbons (Fsp3) is 0.0588. The topological polar surface area (TPSA) is 85.4 Å². The van der Waals surface area contributed by atoms with Gasteiger partial charge in [0.15, 0.2) is 11.4 Å². The smallest absolute Gasteiger partial charge is 0.271 e. The lowest BCUT2D eigenvalue weighted by molar-refractivity contribution is 0.0992. The van der Waals surface area contributed by atoms with Crippen molar-refractivity contribution >= 4 is 28.4 Å². The molecule has 0 saturated carbocycles. The Hall–Kier alpha value is -2.73. The molecule has 0 aliphatic rings. The van der Waals surface area contributed by atoms with Crippen LogP contribution in [-0.4, -0.2) is 23.1 Å². The number of hydrogen-bond acceptors (Lipinski definition) is 5. The van der Waals surface area contributed by atoms with Crippen molar-refractivity contribution in [3.05, 3.63) is 54.2 Å². The van der Waals surface area contributed by atoms with Crippen molar-refractivity contribution < 1.29 is 14.6 Å². The first kappa shape index (κ1) is 15.2. The van der Waals surface area contributed by atoms with Crippen LogP contribution in [0.25, 0.3) is 10.8 Å². The maximum atomic E-state index is 11.5. The van der Waals surface area contributed by atoms with Gasteiger partial charge in [-0.25, -0.2) is 4.98 Å². The molecule has 5 nitrogen and oxygen atoms in total. The van der Waals surface area contributed by atoms with Crippen LogP contribution >= 0.6 is 11.8 Å². The molecule has 0 unspecified atom stereocenters. The first-order chi connectivity index (χ1) is 11.1. The molecule has 1 heterocycles. The van der Waals surface area contributed by atoms with E-state index in [0.717, 1.165) is 16.0 Å². The molecule has 0 aliphatic heterocycles. The highest BCUT2D eigenvalue weighted by Crippen LogP contribution is 2.37.